The summed E-state index contributed by atoms with van der Waals surface area (Å²) in [6.45, 7) is 9.18. The van der Waals surface area contributed by atoms with Gasteiger partial charge in [0.1, 0.15) is 4.88 Å². The van der Waals surface area contributed by atoms with Gasteiger partial charge in [-0.2, -0.15) is 0 Å². The highest BCUT2D eigenvalue weighted by atomic mass is 32.1. The quantitative estimate of drug-likeness (QED) is 0.882. The van der Waals surface area contributed by atoms with Crippen LogP contribution in [0.2, 0.25) is 0 Å². The maximum atomic E-state index is 11.8. The Labute approximate surface area is 112 Å². The van der Waals surface area contributed by atoms with E-state index in [9.17, 15) is 4.79 Å². The molecule has 5 heteroatoms. The fourth-order valence-electron chi connectivity index (χ4n) is 2.28. The average Bonchev–Trinajstić information content (AvgIpc) is 2.84. The van der Waals surface area contributed by atoms with Crippen molar-refractivity contribution in [3.8, 4) is 0 Å². The Balaban J connectivity index is 2.16. The van der Waals surface area contributed by atoms with Crippen LogP contribution < -0.4 is 16.0 Å². The molecular formula is C13H21N3OS. The monoisotopic (exact) mass is 267 g/mol. The minimum absolute atomic E-state index is 0.0634. The third-order valence-corrected chi connectivity index (χ3v) is 4.80. The van der Waals surface area contributed by atoms with Gasteiger partial charge in [0.05, 0.1) is 10.7 Å². The predicted molar refractivity (Wildman–Crippen MR) is 77.3 cm³/mol. The maximum Gasteiger partial charge on any atom is 0.263 e. The molecule has 0 saturated carbocycles. The summed E-state index contributed by atoms with van der Waals surface area (Å²) in [6, 6.07) is 1.93. The third-order valence-electron chi connectivity index (χ3n) is 3.59. The number of amides is 1. The maximum absolute atomic E-state index is 11.8. The van der Waals surface area contributed by atoms with Crippen molar-refractivity contribution < 1.29 is 4.79 Å². The standard InChI is InChI=1S/C13H21N3OS/c1-4-15-13(17)12-10(14)5-11(18-12)16-6-8(2)9(3)7-16/h5,8-9H,4,6-7,14H2,1-3H3,(H,15,17). The van der Waals surface area contributed by atoms with Crippen LogP contribution in [0.3, 0.4) is 0 Å². The van der Waals surface area contributed by atoms with Crippen LogP contribution in [-0.4, -0.2) is 25.5 Å². The second kappa shape index (κ2) is 5.18. The predicted octanol–water partition coefficient (Wildman–Crippen LogP) is 2.17. The second-order valence-electron chi connectivity index (χ2n) is 5.09. The van der Waals surface area contributed by atoms with E-state index in [2.05, 4.69) is 24.1 Å². The van der Waals surface area contributed by atoms with Crippen molar-refractivity contribution in [2.45, 2.75) is 20.8 Å². The van der Waals surface area contributed by atoms with Gasteiger partial charge >= 0.3 is 0 Å². The van der Waals surface area contributed by atoms with E-state index >= 15 is 0 Å². The van der Waals surface area contributed by atoms with Gasteiger partial charge in [-0.25, -0.2) is 0 Å². The molecule has 1 amide bonds. The van der Waals surface area contributed by atoms with E-state index in [1.54, 1.807) is 0 Å². The highest BCUT2D eigenvalue weighted by molar-refractivity contribution is 7.18. The molecule has 1 saturated heterocycles. The lowest BCUT2D eigenvalue weighted by Crippen LogP contribution is -2.22. The molecule has 2 atom stereocenters. The lowest BCUT2D eigenvalue weighted by atomic mass is 10.0. The molecule has 1 fully saturated rings. The van der Waals surface area contributed by atoms with Gasteiger partial charge in [-0.1, -0.05) is 13.8 Å². The summed E-state index contributed by atoms with van der Waals surface area (Å²) in [6.07, 6.45) is 0. The van der Waals surface area contributed by atoms with Crippen molar-refractivity contribution in [1.82, 2.24) is 5.32 Å². The molecule has 4 nitrogen and oxygen atoms in total. The minimum atomic E-state index is -0.0634. The van der Waals surface area contributed by atoms with Crippen molar-refractivity contribution in [1.29, 1.82) is 0 Å². The molecule has 0 aromatic carbocycles. The Bertz CT molecular complexity index is 433. The number of carbonyl (C=O) groups excluding carboxylic acids is 1. The number of hydrogen-bond donors (Lipinski definition) is 2. The Hall–Kier alpha value is -1.23. The Morgan fingerprint density at radius 2 is 2.11 bits per heavy atom. The molecule has 2 rings (SSSR count). The summed E-state index contributed by atoms with van der Waals surface area (Å²) in [5.74, 6) is 1.33. The Morgan fingerprint density at radius 1 is 1.50 bits per heavy atom. The van der Waals surface area contributed by atoms with Gasteiger partial charge in [0, 0.05) is 19.6 Å². The minimum Gasteiger partial charge on any atom is -0.397 e. The summed E-state index contributed by atoms with van der Waals surface area (Å²) in [7, 11) is 0. The first-order valence-corrected chi connectivity index (χ1v) is 7.27. The van der Waals surface area contributed by atoms with Crippen molar-refractivity contribution in [2.75, 3.05) is 30.3 Å². The van der Waals surface area contributed by atoms with Gasteiger partial charge in [-0.05, 0) is 24.8 Å². The van der Waals surface area contributed by atoms with Gasteiger partial charge in [0.25, 0.3) is 5.91 Å². The number of carbonyl (C=O) groups is 1. The van der Waals surface area contributed by atoms with Crippen LogP contribution in [0.4, 0.5) is 10.7 Å². The van der Waals surface area contributed by atoms with E-state index in [4.69, 9.17) is 5.73 Å². The van der Waals surface area contributed by atoms with Crippen LogP contribution in [0, 0.1) is 11.8 Å². The molecule has 0 aliphatic carbocycles. The van der Waals surface area contributed by atoms with Crippen molar-refractivity contribution in [3.05, 3.63) is 10.9 Å². The van der Waals surface area contributed by atoms with Crippen LogP contribution in [0.25, 0.3) is 0 Å². The van der Waals surface area contributed by atoms with Crippen LogP contribution in [-0.2, 0) is 0 Å². The van der Waals surface area contributed by atoms with Crippen LogP contribution in [0.1, 0.15) is 30.4 Å². The topological polar surface area (TPSA) is 58.4 Å². The fourth-order valence-corrected chi connectivity index (χ4v) is 3.29. The summed E-state index contributed by atoms with van der Waals surface area (Å²) in [5, 5.41) is 3.91. The van der Waals surface area contributed by atoms with E-state index in [1.807, 2.05) is 13.0 Å². The number of nitrogen functional groups attached to an aromatic ring is 1. The number of thiophene rings is 1. The molecule has 2 unspecified atom stereocenters. The molecule has 1 aromatic rings. The first-order valence-electron chi connectivity index (χ1n) is 6.45. The fraction of sp³-hybridized carbons (Fsp3) is 0.615. The largest absolute Gasteiger partial charge is 0.397 e. The molecule has 0 radical (unpaired) electrons. The van der Waals surface area contributed by atoms with Gasteiger partial charge in [-0.15, -0.1) is 11.3 Å². The van der Waals surface area contributed by atoms with Gasteiger partial charge in [0.2, 0.25) is 0 Å². The molecule has 18 heavy (non-hydrogen) atoms. The second-order valence-corrected chi connectivity index (χ2v) is 6.12. The molecule has 100 valence electrons. The molecule has 3 N–H and O–H groups in total. The molecular weight excluding hydrogens is 246 g/mol. The van der Waals surface area contributed by atoms with Crippen LogP contribution >= 0.6 is 11.3 Å². The normalized spacial score (nSPS) is 23.4. The zero-order valence-electron chi connectivity index (χ0n) is 11.2. The molecule has 1 aliphatic rings. The zero-order valence-corrected chi connectivity index (χ0v) is 12.0. The van der Waals surface area contributed by atoms with Crippen LogP contribution in [0.5, 0.6) is 0 Å². The number of nitrogens with two attached hydrogens (primary N) is 1. The SMILES string of the molecule is CCNC(=O)c1sc(N2CC(C)C(C)C2)cc1N. The zero-order chi connectivity index (χ0) is 13.3. The number of anilines is 2. The number of nitrogens with zero attached hydrogens (tertiary/aromatic N) is 1. The van der Waals surface area contributed by atoms with E-state index < -0.39 is 0 Å². The highest BCUT2D eigenvalue weighted by Gasteiger charge is 2.28. The first-order chi connectivity index (χ1) is 8.52. The summed E-state index contributed by atoms with van der Waals surface area (Å²) >= 11 is 1.50. The van der Waals surface area contributed by atoms with E-state index in [-0.39, 0.29) is 5.91 Å². The smallest absolute Gasteiger partial charge is 0.263 e. The van der Waals surface area contributed by atoms with E-state index in [0.717, 1.165) is 18.1 Å². The number of rotatable bonds is 3. The molecule has 0 spiro atoms. The lowest BCUT2D eigenvalue weighted by Gasteiger charge is -2.15. The van der Waals surface area contributed by atoms with Crippen molar-refractivity contribution in [3.63, 3.8) is 0 Å². The first kappa shape index (κ1) is 13.2. The van der Waals surface area contributed by atoms with Crippen LogP contribution in [0.15, 0.2) is 6.07 Å². The molecule has 2 heterocycles. The Morgan fingerprint density at radius 3 is 2.67 bits per heavy atom. The van der Waals surface area contributed by atoms with E-state index in [1.165, 1.54) is 11.3 Å². The molecule has 1 aliphatic heterocycles. The van der Waals surface area contributed by atoms with Gasteiger partial charge in [0.15, 0.2) is 0 Å². The highest BCUT2D eigenvalue weighted by Crippen LogP contribution is 2.36. The number of nitrogens with one attached hydrogen (secondary N) is 1. The third kappa shape index (κ3) is 2.46. The van der Waals surface area contributed by atoms with Crippen molar-refractivity contribution in [2.24, 2.45) is 11.8 Å². The van der Waals surface area contributed by atoms with Gasteiger partial charge < -0.3 is 16.0 Å². The molecule has 0 bridgehead atoms. The lowest BCUT2D eigenvalue weighted by molar-refractivity contribution is 0.0960. The summed E-state index contributed by atoms with van der Waals surface area (Å²) in [5.41, 5.74) is 6.52. The summed E-state index contributed by atoms with van der Waals surface area (Å²) < 4.78 is 0. The van der Waals surface area contributed by atoms with E-state index in [0.29, 0.717) is 28.9 Å². The van der Waals surface area contributed by atoms with Gasteiger partial charge in [-0.3, -0.25) is 4.79 Å². The number of hydrogen-bond acceptors (Lipinski definition) is 4. The average molecular weight is 267 g/mol. The molecule has 1 aromatic heterocycles. The summed E-state index contributed by atoms with van der Waals surface area (Å²) in [4.78, 5) is 14.8. The van der Waals surface area contributed by atoms with Crippen molar-refractivity contribution >= 4 is 27.9 Å². The Kier molecular flexibility index (Phi) is 3.80.